The zero-order chi connectivity index (χ0) is 38.6. The average molecular weight is 760 g/mol. The van der Waals surface area contributed by atoms with Gasteiger partial charge in [0, 0.05) is 26.9 Å². The van der Waals surface area contributed by atoms with Crippen LogP contribution in [0.1, 0.15) is 20.8 Å². The smallest absolute Gasteiger partial charge is 0.217 e. The number of aliphatic hydroxyl groups excluding tert-OH is 9. The van der Waals surface area contributed by atoms with E-state index in [1.54, 1.807) is 0 Å². The molecule has 4 aliphatic rings. The third-order valence-corrected chi connectivity index (χ3v) is 9.64. The molecule has 0 radical (unpaired) electrons. The summed E-state index contributed by atoms with van der Waals surface area (Å²) in [6.45, 7) is 0.920. The summed E-state index contributed by atoms with van der Waals surface area (Å²) >= 11 is 0. The van der Waals surface area contributed by atoms with E-state index in [-0.39, 0.29) is 0 Å². The lowest BCUT2D eigenvalue weighted by Gasteiger charge is -2.50. The van der Waals surface area contributed by atoms with Gasteiger partial charge in [0.2, 0.25) is 11.8 Å². The van der Waals surface area contributed by atoms with Crippen LogP contribution < -0.4 is 16.4 Å². The molecule has 52 heavy (non-hydrogen) atoms. The zero-order valence-corrected chi connectivity index (χ0v) is 29.1. The predicted octanol–water partition coefficient (Wildman–Crippen LogP) is -7.57. The van der Waals surface area contributed by atoms with Crippen molar-refractivity contribution in [1.29, 1.82) is 0 Å². The van der Waals surface area contributed by atoms with Crippen molar-refractivity contribution in [2.24, 2.45) is 11.7 Å². The summed E-state index contributed by atoms with van der Waals surface area (Å²) in [4.78, 5) is 24.1. The molecule has 4 aliphatic heterocycles. The number of aliphatic hydroxyl groups is 9. The molecule has 20 atom stereocenters. The minimum absolute atomic E-state index is 0.511. The molecule has 22 heteroatoms. The van der Waals surface area contributed by atoms with Crippen molar-refractivity contribution >= 4 is 11.8 Å². The van der Waals surface area contributed by atoms with Gasteiger partial charge in [-0.25, -0.2) is 0 Å². The molecule has 4 rings (SSSR count). The first-order valence-corrected chi connectivity index (χ1v) is 16.9. The molecule has 10 unspecified atom stereocenters. The van der Waals surface area contributed by atoms with E-state index in [0.29, 0.717) is 0 Å². The second kappa shape index (κ2) is 18.7. The molecule has 4 fully saturated rings. The molecule has 22 nitrogen and oxygen atoms in total. The highest BCUT2D eigenvalue weighted by Crippen LogP contribution is 2.36. The van der Waals surface area contributed by atoms with E-state index < -0.39 is 161 Å². The highest BCUT2D eigenvalue weighted by Gasteiger charge is 2.55. The second-order valence-electron chi connectivity index (χ2n) is 13.3. The first-order valence-electron chi connectivity index (χ1n) is 16.9. The van der Waals surface area contributed by atoms with E-state index in [1.807, 2.05) is 0 Å². The highest BCUT2D eigenvalue weighted by atomic mass is 16.8. The van der Waals surface area contributed by atoms with E-state index in [0.717, 1.165) is 6.92 Å². The maximum Gasteiger partial charge on any atom is 0.217 e. The van der Waals surface area contributed by atoms with Crippen LogP contribution >= 0.6 is 0 Å². The standard InChI is InChI=1S/C30H53N3O19/c1-9-19(40)24(13(6-35)47-27(9)50-25-14(7-36)48-29(45-4)17(22(25)43)32-10(2)38)52-30-18(33-11(3)39)23(44)26(15(8-37)49-30)51-28-16(31)21(42)20(41)12(5-34)46-28/h9,12-30,34-37,40-44H,5-8,31H2,1-4H3,(H,32,38)(H,33,39)/t9-,12?,13?,14?,15?,16-,17+,18+,19+,20?,21+,22?,23?,24?,25-,26-,27?,28?,29-,30+/m0/s1. The van der Waals surface area contributed by atoms with Gasteiger partial charge in [-0.1, -0.05) is 6.92 Å². The van der Waals surface area contributed by atoms with Crippen LogP contribution in [0.4, 0.5) is 0 Å². The van der Waals surface area contributed by atoms with Gasteiger partial charge in [-0.15, -0.1) is 0 Å². The van der Waals surface area contributed by atoms with Crippen molar-refractivity contribution in [1.82, 2.24) is 10.6 Å². The molecular formula is C30H53N3O19. The first kappa shape index (κ1) is 43.0. The third-order valence-electron chi connectivity index (χ3n) is 9.64. The molecule has 0 aromatic carbocycles. The van der Waals surface area contributed by atoms with Gasteiger partial charge in [-0.3, -0.25) is 9.59 Å². The van der Waals surface area contributed by atoms with Crippen molar-refractivity contribution in [2.75, 3.05) is 33.5 Å². The Kier molecular flexibility index (Phi) is 15.5. The number of carbonyl (C=O) groups is 2. The van der Waals surface area contributed by atoms with Gasteiger partial charge in [-0.05, 0) is 0 Å². The molecule has 0 bridgehead atoms. The van der Waals surface area contributed by atoms with Crippen LogP contribution in [-0.4, -0.2) is 208 Å². The molecule has 302 valence electrons. The topological polar surface area (TPSA) is 340 Å². The van der Waals surface area contributed by atoms with E-state index in [4.69, 9.17) is 43.6 Å². The van der Waals surface area contributed by atoms with Gasteiger partial charge < -0.3 is 100 Å². The summed E-state index contributed by atoms with van der Waals surface area (Å²) < 4.78 is 46.2. The normalized spacial score (nSPS) is 47.1. The molecule has 4 heterocycles. The fraction of sp³-hybridized carbons (Fsp3) is 0.933. The number of nitrogens with one attached hydrogen (secondary N) is 2. The Labute approximate surface area is 298 Å². The van der Waals surface area contributed by atoms with Gasteiger partial charge in [0.1, 0.15) is 79.2 Å². The van der Waals surface area contributed by atoms with Crippen LogP contribution in [-0.2, 0) is 47.5 Å². The number of carbonyl (C=O) groups excluding carboxylic acids is 2. The fourth-order valence-corrected chi connectivity index (χ4v) is 6.78. The van der Waals surface area contributed by atoms with Crippen LogP contribution in [0, 0.1) is 5.92 Å². The van der Waals surface area contributed by atoms with Gasteiger partial charge in [0.15, 0.2) is 25.2 Å². The van der Waals surface area contributed by atoms with Crippen molar-refractivity contribution in [3.8, 4) is 0 Å². The summed E-state index contributed by atoms with van der Waals surface area (Å²) in [6.07, 6.45) is -23.0. The number of ether oxygens (including phenoxy) is 8. The van der Waals surface area contributed by atoms with Crippen LogP contribution in [0.2, 0.25) is 0 Å². The SMILES string of the molecule is CO[C@H]1OC(CO)[C@H](OC2OC(CO)C(O[C@H]3OC(CO)[C@H](OC4OC(CO)C(O)[C@H](O)[C@@H]4N)C(O)[C@H]3NC(C)=O)[C@H](O)[C@@H]2C)C(O)[C@H]1NC(C)=O. The van der Waals surface area contributed by atoms with Crippen LogP contribution in [0.15, 0.2) is 0 Å². The number of hydrogen-bond donors (Lipinski definition) is 12. The molecule has 0 aliphatic carbocycles. The third kappa shape index (κ3) is 9.18. The number of methoxy groups -OCH3 is 1. The Morgan fingerprint density at radius 2 is 0.962 bits per heavy atom. The van der Waals surface area contributed by atoms with E-state index in [2.05, 4.69) is 10.6 Å². The van der Waals surface area contributed by atoms with Crippen molar-refractivity contribution in [2.45, 2.75) is 137 Å². The molecule has 0 saturated carbocycles. The van der Waals surface area contributed by atoms with E-state index >= 15 is 0 Å². The Balaban J connectivity index is 1.52. The predicted molar refractivity (Wildman–Crippen MR) is 167 cm³/mol. The lowest BCUT2D eigenvalue weighted by Crippen LogP contribution is -2.70. The molecule has 0 aromatic heterocycles. The number of hydrogen-bond acceptors (Lipinski definition) is 20. The first-order chi connectivity index (χ1) is 24.6. The van der Waals surface area contributed by atoms with Crippen molar-refractivity contribution < 1.29 is 93.4 Å². The van der Waals surface area contributed by atoms with E-state index in [9.17, 15) is 55.5 Å². The minimum Gasteiger partial charge on any atom is -0.394 e. The van der Waals surface area contributed by atoms with Gasteiger partial charge in [0.25, 0.3) is 0 Å². The number of nitrogens with two attached hydrogens (primary N) is 1. The largest absolute Gasteiger partial charge is 0.394 e. The maximum atomic E-state index is 12.3. The van der Waals surface area contributed by atoms with Crippen LogP contribution in [0.3, 0.4) is 0 Å². The van der Waals surface area contributed by atoms with Crippen LogP contribution in [0.5, 0.6) is 0 Å². The fourth-order valence-electron chi connectivity index (χ4n) is 6.78. The lowest BCUT2D eigenvalue weighted by molar-refractivity contribution is -0.367. The van der Waals surface area contributed by atoms with E-state index in [1.165, 1.54) is 21.0 Å². The molecular weight excluding hydrogens is 706 g/mol. The Morgan fingerprint density at radius 1 is 0.577 bits per heavy atom. The Hall–Kier alpha value is -1.78. The molecule has 4 saturated heterocycles. The molecule has 0 aromatic rings. The monoisotopic (exact) mass is 759 g/mol. The minimum atomic E-state index is -1.73. The summed E-state index contributed by atoms with van der Waals surface area (Å²) in [7, 11) is 1.28. The quantitative estimate of drug-likeness (QED) is 0.0829. The van der Waals surface area contributed by atoms with Gasteiger partial charge >= 0.3 is 0 Å². The number of amides is 2. The summed E-state index contributed by atoms with van der Waals surface area (Å²) in [5, 5.41) is 99.7. The molecule has 13 N–H and O–H groups in total. The summed E-state index contributed by atoms with van der Waals surface area (Å²) in [6, 6.07) is -3.95. The van der Waals surface area contributed by atoms with Crippen molar-refractivity contribution in [3.05, 3.63) is 0 Å². The van der Waals surface area contributed by atoms with Crippen LogP contribution in [0.25, 0.3) is 0 Å². The Bertz CT molecular complexity index is 1160. The summed E-state index contributed by atoms with van der Waals surface area (Å²) in [5.41, 5.74) is 5.98. The zero-order valence-electron chi connectivity index (χ0n) is 29.1. The second-order valence-corrected chi connectivity index (χ2v) is 13.3. The van der Waals surface area contributed by atoms with Gasteiger partial charge in [0.05, 0.1) is 38.6 Å². The summed E-state index contributed by atoms with van der Waals surface area (Å²) in [5.74, 6) is -2.15. The molecule has 2 amide bonds. The van der Waals surface area contributed by atoms with Gasteiger partial charge in [-0.2, -0.15) is 0 Å². The average Bonchev–Trinajstić information content (AvgIpc) is 3.11. The number of rotatable bonds is 13. The highest BCUT2D eigenvalue weighted by molar-refractivity contribution is 5.73. The molecule has 0 spiro atoms. The van der Waals surface area contributed by atoms with Crippen molar-refractivity contribution in [3.63, 3.8) is 0 Å². The lowest BCUT2D eigenvalue weighted by atomic mass is 9.90. The maximum absolute atomic E-state index is 12.3. The Morgan fingerprint density at radius 3 is 1.42 bits per heavy atom.